The molecule has 0 unspecified atom stereocenters. The molecule has 1 fully saturated rings. The lowest BCUT2D eigenvalue weighted by Crippen LogP contribution is -2.05. The van der Waals surface area contributed by atoms with Crippen LogP contribution >= 0.6 is 0 Å². The summed E-state index contributed by atoms with van der Waals surface area (Å²) in [5.74, 6) is 0.160. The molecule has 0 atom stereocenters. The average molecular weight is 277 g/mol. The van der Waals surface area contributed by atoms with E-state index < -0.39 is 11.6 Å². The Morgan fingerprint density at radius 2 is 2.10 bits per heavy atom. The van der Waals surface area contributed by atoms with E-state index in [1.165, 1.54) is 12.1 Å². The lowest BCUT2D eigenvalue weighted by Gasteiger charge is -2.07. The quantitative estimate of drug-likeness (QED) is 0.926. The zero-order chi connectivity index (χ0) is 14.3. The Kier molecular flexibility index (Phi) is 3.20. The first-order valence-corrected chi connectivity index (χ1v) is 6.93. The fraction of sp³-hybridized carbons (Fsp3) is 0.400. The van der Waals surface area contributed by atoms with Crippen molar-refractivity contribution in [3.8, 4) is 11.3 Å². The SMILES string of the molecule is CCCc1nc(-c2ccc(F)cc2F)c(N)n1C1CC1. The Morgan fingerprint density at radius 1 is 1.35 bits per heavy atom. The van der Waals surface area contributed by atoms with Gasteiger partial charge in [0.05, 0.1) is 0 Å². The van der Waals surface area contributed by atoms with Crippen LogP contribution in [0.5, 0.6) is 0 Å². The van der Waals surface area contributed by atoms with Crippen molar-refractivity contribution in [2.75, 3.05) is 5.73 Å². The Morgan fingerprint density at radius 3 is 2.70 bits per heavy atom. The minimum atomic E-state index is -0.625. The van der Waals surface area contributed by atoms with Gasteiger partial charge in [-0.05, 0) is 31.4 Å². The van der Waals surface area contributed by atoms with Gasteiger partial charge in [-0.3, -0.25) is 0 Å². The molecule has 0 radical (unpaired) electrons. The summed E-state index contributed by atoms with van der Waals surface area (Å²) in [6.07, 6.45) is 3.93. The highest BCUT2D eigenvalue weighted by atomic mass is 19.1. The fourth-order valence-corrected chi connectivity index (χ4v) is 2.51. The van der Waals surface area contributed by atoms with Gasteiger partial charge in [-0.15, -0.1) is 0 Å². The van der Waals surface area contributed by atoms with Crippen LogP contribution in [0.15, 0.2) is 18.2 Å². The van der Waals surface area contributed by atoms with Crippen LogP contribution in [0, 0.1) is 11.6 Å². The van der Waals surface area contributed by atoms with Gasteiger partial charge in [0, 0.05) is 24.1 Å². The molecule has 0 amide bonds. The maximum Gasteiger partial charge on any atom is 0.135 e. The number of halogens is 2. The predicted octanol–water partition coefficient (Wildman–Crippen LogP) is 3.70. The molecule has 2 N–H and O–H groups in total. The van der Waals surface area contributed by atoms with Crippen LogP contribution in [-0.4, -0.2) is 9.55 Å². The Balaban J connectivity index is 2.11. The van der Waals surface area contributed by atoms with Crippen molar-refractivity contribution >= 4 is 5.82 Å². The molecule has 1 aliphatic rings. The van der Waals surface area contributed by atoms with Crippen LogP contribution in [0.1, 0.15) is 38.1 Å². The number of aryl methyl sites for hydroxylation is 1. The summed E-state index contributed by atoms with van der Waals surface area (Å²) >= 11 is 0. The third kappa shape index (κ3) is 2.17. The number of nitrogens with two attached hydrogens (primary N) is 1. The van der Waals surface area contributed by atoms with E-state index in [4.69, 9.17) is 5.73 Å². The Labute approximate surface area is 116 Å². The molecule has 0 saturated heterocycles. The standard InChI is InChI=1S/C15H17F2N3/c1-2-3-13-19-14(15(18)20(13)10-5-6-10)11-7-4-9(16)8-12(11)17/h4,7-8,10H,2-3,5-6,18H2,1H3. The van der Waals surface area contributed by atoms with Crippen LogP contribution in [0.2, 0.25) is 0 Å². The molecule has 0 bridgehead atoms. The minimum absolute atomic E-state index is 0.264. The maximum absolute atomic E-state index is 13.9. The smallest absolute Gasteiger partial charge is 0.135 e. The first-order chi connectivity index (χ1) is 9.61. The normalized spacial score (nSPS) is 14.8. The number of hydrogen-bond acceptors (Lipinski definition) is 2. The largest absolute Gasteiger partial charge is 0.383 e. The molecule has 1 heterocycles. The lowest BCUT2D eigenvalue weighted by molar-refractivity contribution is 0.585. The molecule has 1 aromatic carbocycles. The van der Waals surface area contributed by atoms with Gasteiger partial charge in [0.25, 0.3) is 0 Å². The third-order valence-corrected chi connectivity index (χ3v) is 3.59. The number of aromatic nitrogens is 2. The Bertz CT molecular complexity index is 645. The molecular weight excluding hydrogens is 260 g/mol. The van der Waals surface area contributed by atoms with E-state index in [2.05, 4.69) is 11.9 Å². The van der Waals surface area contributed by atoms with Crippen molar-refractivity contribution in [1.29, 1.82) is 0 Å². The zero-order valence-electron chi connectivity index (χ0n) is 11.4. The molecule has 20 heavy (non-hydrogen) atoms. The van der Waals surface area contributed by atoms with Crippen molar-refractivity contribution in [3.05, 3.63) is 35.7 Å². The van der Waals surface area contributed by atoms with E-state index in [1.807, 2.05) is 4.57 Å². The van der Waals surface area contributed by atoms with Gasteiger partial charge >= 0.3 is 0 Å². The molecule has 1 aliphatic carbocycles. The van der Waals surface area contributed by atoms with Crippen LogP contribution in [0.3, 0.4) is 0 Å². The van der Waals surface area contributed by atoms with Crippen molar-refractivity contribution in [1.82, 2.24) is 9.55 Å². The van der Waals surface area contributed by atoms with E-state index in [-0.39, 0.29) is 5.56 Å². The number of rotatable bonds is 4. The van der Waals surface area contributed by atoms with Crippen LogP contribution in [0.25, 0.3) is 11.3 Å². The second-order valence-corrected chi connectivity index (χ2v) is 5.24. The number of nitrogens with zero attached hydrogens (tertiary/aromatic N) is 2. The highest BCUT2D eigenvalue weighted by Gasteiger charge is 2.30. The highest BCUT2D eigenvalue weighted by molar-refractivity contribution is 5.71. The van der Waals surface area contributed by atoms with Gasteiger partial charge in [0.2, 0.25) is 0 Å². The zero-order valence-corrected chi connectivity index (χ0v) is 11.4. The van der Waals surface area contributed by atoms with Crippen molar-refractivity contribution in [3.63, 3.8) is 0 Å². The molecule has 106 valence electrons. The number of benzene rings is 1. The Hall–Kier alpha value is -1.91. The van der Waals surface area contributed by atoms with E-state index in [0.717, 1.165) is 37.6 Å². The van der Waals surface area contributed by atoms with Gasteiger partial charge in [-0.25, -0.2) is 13.8 Å². The summed E-state index contributed by atoms with van der Waals surface area (Å²) in [4.78, 5) is 4.50. The second-order valence-electron chi connectivity index (χ2n) is 5.24. The van der Waals surface area contributed by atoms with Gasteiger partial charge in [-0.1, -0.05) is 6.92 Å². The molecule has 3 rings (SSSR count). The maximum atomic E-state index is 13.9. The molecule has 1 saturated carbocycles. The van der Waals surface area contributed by atoms with Crippen molar-refractivity contribution < 1.29 is 8.78 Å². The summed E-state index contributed by atoms with van der Waals surface area (Å²) in [6, 6.07) is 3.88. The number of hydrogen-bond donors (Lipinski definition) is 1. The second kappa shape index (κ2) is 4.89. The van der Waals surface area contributed by atoms with Gasteiger partial charge in [-0.2, -0.15) is 0 Å². The van der Waals surface area contributed by atoms with Gasteiger partial charge in [0.15, 0.2) is 0 Å². The summed E-state index contributed by atoms with van der Waals surface area (Å²) in [5.41, 5.74) is 6.85. The van der Waals surface area contributed by atoms with E-state index in [0.29, 0.717) is 17.6 Å². The molecule has 0 aliphatic heterocycles. The fourth-order valence-electron chi connectivity index (χ4n) is 2.51. The van der Waals surface area contributed by atoms with Gasteiger partial charge < -0.3 is 10.3 Å². The summed E-state index contributed by atoms with van der Waals surface area (Å²) in [7, 11) is 0. The van der Waals surface area contributed by atoms with Crippen molar-refractivity contribution in [2.24, 2.45) is 0 Å². The molecular formula is C15H17F2N3. The molecule has 3 nitrogen and oxygen atoms in total. The monoisotopic (exact) mass is 277 g/mol. The van der Waals surface area contributed by atoms with Crippen molar-refractivity contribution in [2.45, 2.75) is 38.6 Å². The molecule has 0 spiro atoms. The van der Waals surface area contributed by atoms with E-state index in [9.17, 15) is 8.78 Å². The van der Waals surface area contributed by atoms with Crippen LogP contribution in [0.4, 0.5) is 14.6 Å². The summed E-state index contributed by atoms with van der Waals surface area (Å²) < 4.78 is 28.9. The van der Waals surface area contributed by atoms with Gasteiger partial charge in [0.1, 0.15) is 29.0 Å². The molecule has 2 aromatic rings. The highest BCUT2D eigenvalue weighted by Crippen LogP contribution is 2.41. The molecule has 1 aromatic heterocycles. The topological polar surface area (TPSA) is 43.8 Å². The van der Waals surface area contributed by atoms with E-state index >= 15 is 0 Å². The first kappa shape index (κ1) is 13.1. The van der Waals surface area contributed by atoms with E-state index in [1.54, 1.807) is 0 Å². The van der Waals surface area contributed by atoms with Crippen LogP contribution in [-0.2, 0) is 6.42 Å². The third-order valence-electron chi connectivity index (χ3n) is 3.59. The lowest BCUT2D eigenvalue weighted by atomic mass is 10.1. The van der Waals surface area contributed by atoms with Crippen LogP contribution < -0.4 is 5.73 Å². The first-order valence-electron chi connectivity index (χ1n) is 6.93. The number of nitrogen functional groups attached to an aromatic ring is 1. The minimum Gasteiger partial charge on any atom is -0.383 e. The number of imidazole rings is 1. The number of anilines is 1. The predicted molar refractivity (Wildman–Crippen MR) is 74.3 cm³/mol. The molecule has 5 heteroatoms. The summed E-state index contributed by atoms with van der Waals surface area (Å²) in [6.45, 7) is 2.07. The summed E-state index contributed by atoms with van der Waals surface area (Å²) in [5, 5.41) is 0. The average Bonchev–Trinajstić information content (AvgIpc) is 3.17.